The monoisotopic (exact) mass is 344 g/mol. The van der Waals surface area contributed by atoms with Crippen LogP contribution in [-0.4, -0.2) is 68.1 Å². The van der Waals surface area contributed by atoms with Gasteiger partial charge in [-0.15, -0.1) is 0 Å². The molecule has 25 heavy (non-hydrogen) atoms. The van der Waals surface area contributed by atoms with Crippen LogP contribution in [-0.2, 0) is 4.79 Å². The number of aromatic nitrogens is 1. The molecule has 1 aromatic heterocycles. The molecule has 136 valence electrons. The Hall–Kier alpha value is -2.31. The zero-order valence-electron chi connectivity index (χ0n) is 14.9. The summed E-state index contributed by atoms with van der Waals surface area (Å²) in [5, 5.41) is 6.54. The number of aliphatic imine (C=N–C) groups is 1. The first kappa shape index (κ1) is 17.5. The summed E-state index contributed by atoms with van der Waals surface area (Å²) in [7, 11) is 1.76. The fourth-order valence-corrected chi connectivity index (χ4v) is 2.96. The standard InChI is InChI=1S/C18H28N6O/c1-19-18(22-14-15-5-6-15)21-9-7-17(25)24-12-10-23(11-13-24)16-4-2-3-8-20-16/h2-4,8,15H,5-7,9-14H2,1H3,(H2,19,21,22). The topological polar surface area (TPSA) is 72.9 Å². The maximum atomic E-state index is 12.4. The molecule has 1 aromatic rings. The minimum absolute atomic E-state index is 0.200. The molecule has 0 atom stereocenters. The highest BCUT2D eigenvalue weighted by Gasteiger charge is 2.22. The van der Waals surface area contributed by atoms with Crippen LogP contribution in [0.5, 0.6) is 0 Å². The van der Waals surface area contributed by atoms with Crippen molar-refractivity contribution < 1.29 is 4.79 Å². The van der Waals surface area contributed by atoms with E-state index < -0.39 is 0 Å². The molecule has 3 rings (SSSR count). The molecular formula is C18H28N6O. The molecule has 0 bridgehead atoms. The van der Waals surface area contributed by atoms with Gasteiger partial charge in [0.15, 0.2) is 5.96 Å². The summed E-state index contributed by atoms with van der Waals surface area (Å²) in [5.41, 5.74) is 0. The van der Waals surface area contributed by atoms with Gasteiger partial charge in [-0.25, -0.2) is 4.98 Å². The van der Waals surface area contributed by atoms with Gasteiger partial charge >= 0.3 is 0 Å². The molecule has 1 saturated carbocycles. The second kappa shape index (κ2) is 8.69. The predicted molar refractivity (Wildman–Crippen MR) is 99.7 cm³/mol. The van der Waals surface area contributed by atoms with Crippen molar-refractivity contribution >= 4 is 17.7 Å². The molecule has 2 heterocycles. The minimum atomic E-state index is 0.200. The molecule has 1 saturated heterocycles. The van der Waals surface area contributed by atoms with Crippen molar-refractivity contribution in [1.82, 2.24) is 20.5 Å². The second-order valence-corrected chi connectivity index (χ2v) is 6.63. The van der Waals surface area contributed by atoms with Crippen LogP contribution < -0.4 is 15.5 Å². The third kappa shape index (κ3) is 5.34. The predicted octanol–water partition coefficient (Wildman–Crippen LogP) is 0.695. The van der Waals surface area contributed by atoms with E-state index in [0.717, 1.165) is 50.4 Å². The van der Waals surface area contributed by atoms with Crippen LogP contribution in [0.3, 0.4) is 0 Å². The first-order valence-corrected chi connectivity index (χ1v) is 9.14. The van der Waals surface area contributed by atoms with Gasteiger partial charge in [-0.2, -0.15) is 0 Å². The maximum absolute atomic E-state index is 12.4. The number of nitrogens with one attached hydrogen (secondary N) is 2. The molecule has 1 amide bonds. The number of amides is 1. The second-order valence-electron chi connectivity index (χ2n) is 6.63. The van der Waals surface area contributed by atoms with Crippen molar-refractivity contribution in [1.29, 1.82) is 0 Å². The normalized spacial score (nSPS) is 18.2. The molecule has 2 aliphatic rings. The number of rotatable bonds is 6. The van der Waals surface area contributed by atoms with Crippen molar-refractivity contribution in [3.8, 4) is 0 Å². The van der Waals surface area contributed by atoms with E-state index in [1.54, 1.807) is 7.05 Å². The number of hydrogen-bond donors (Lipinski definition) is 2. The quantitative estimate of drug-likeness (QED) is 0.587. The van der Waals surface area contributed by atoms with E-state index in [9.17, 15) is 4.79 Å². The summed E-state index contributed by atoms with van der Waals surface area (Å²) in [5.74, 6) is 2.78. The number of carbonyl (C=O) groups excluding carboxylic acids is 1. The van der Waals surface area contributed by atoms with Crippen LogP contribution in [0.2, 0.25) is 0 Å². The Morgan fingerprint density at radius 3 is 2.68 bits per heavy atom. The molecule has 2 N–H and O–H groups in total. The summed E-state index contributed by atoms with van der Waals surface area (Å²) in [6.07, 6.45) is 4.93. The van der Waals surface area contributed by atoms with Gasteiger partial charge in [-0.3, -0.25) is 9.79 Å². The maximum Gasteiger partial charge on any atom is 0.224 e. The lowest BCUT2D eigenvalue weighted by Gasteiger charge is -2.35. The van der Waals surface area contributed by atoms with Gasteiger partial charge in [-0.1, -0.05) is 6.07 Å². The number of hydrogen-bond acceptors (Lipinski definition) is 4. The number of piperazine rings is 1. The molecule has 0 spiro atoms. The first-order valence-electron chi connectivity index (χ1n) is 9.14. The van der Waals surface area contributed by atoms with Gasteiger partial charge in [0.2, 0.25) is 5.91 Å². The number of pyridine rings is 1. The van der Waals surface area contributed by atoms with E-state index in [-0.39, 0.29) is 5.91 Å². The van der Waals surface area contributed by atoms with Crippen LogP contribution in [0.4, 0.5) is 5.82 Å². The van der Waals surface area contributed by atoms with Gasteiger partial charge in [0.25, 0.3) is 0 Å². The number of carbonyl (C=O) groups is 1. The van der Waals surface area contributed by atoms with Gasteiger partial charge < -0.3 is 20.4 Å². The lowest BCUT2D eigenvalue weighted by atomic mass is 10.2. The van der Waals surface area contributed by atoms with Gasteiger partial charge in [0, 0.05) is 58.9 Å². The first-order chi connectivity index (χ1) is 12.3. The van der Waals surface area contributed by atoms with Crippen molar-refractivity contribution in [2.24, 2.45) is 10.9 Å². The fourth-order valence-electron chi connectivity index (χ4n) is 2.96. The molecule has 2 fully saturated rings. The zero-order valence-corrected chi connectivity index (χ0v) is 14.9. The largest absolute Gasteiger partial charge is 0.356 e. The van der Waals surface area contributed by atoms with Crippen molar-refractivity contribution in [2.45, 2.75) is 19.3 Å². The molecule has 7 nitrogen and oxygen atoms in total. The highest BCUT2D eigenvalue weighted by Crippen LogP contribution is 2.27. The van der Waals surface area contributed by atoms with Crippen LogP contribution in [0.15, 0.2) is 29.4 Å². The van der Waals surface area contributed by atoms with Crippen LogP contribution in [0.1, 0.15) is 19.3 Å². The highest BCUT2D eigenvalue weighted by molar-refractivity contribution is 5.81. The summed E-state index contributed by atoms with van der Waals surface area (Å²) >= 11 is 0. The lowest BCUT2D eigenvalue weighted by molar-refractivity contribution is -0.131. The van der Waals surface area contributed by atoms with Crippen LogP contribution in [0, 0.1) is 5.92 Å². The van der Waals surface area contributed by atoms with E-state index in [1.807, 2.05) is 29.3 Å². The number of guanidine groups is 1. The highest BCUT2D eigenvalue weighted by atomic mass is 16.2. The van der Waals surface area contributed by atoms with Gasteiger partial charge in [0.05, 0.1) is 0 Å². The molecule has 0 radical (unpaired) electrons. The van der Waals surface area contributed by atoms with E-state index in [4.69, 9.17) is 0 Å². The lowest BCUT2D eigenvalue weighted by Crippen LogP contribution is -2.49. The smallest absolute Gasteiger partial charge is 0.224 e. The Labute approximate surface area is 149 Å². The molecule has 0 aromatic carbocycles. The SMILES string of the molecule is CN=C(NCCC(=O)N1CCN(c2ccccn2)CC1)NCC1CC1. The molecule has 1 aliphatic heterocycles. The average molecular weight is 344 g/mol. The molecular weight excluding hydrogens is 316 g/mol. The molecule has 1 aliphatic carbocycles. The van der Waals surface area contributed by atoms with E-state index >= 15 is 0 Å². The Balaban J connectivity index is 1.34. The Kier molecular flexibility index (Phi) is 6.09. The van der Waals surface area contributed by atoms with E-state index in [1.165, 1.54) is 12.8 Å². The van der Waals surface area contributed by atoms with Crippen molar-refractivity contribution in [3.05, 3.63) is 24.4 Å². The molecule has 7 heteroatoms. The van der Waals surface area contributed by atoms with Crippen molar-refractivity contribution in [3.63, 3.8) is 0 Å². The Morgan fingerprint density at radius 2 is 2.04 bits per heavy atom. The van der Waals surface area contributed by atoms with E-state index in [0.29, 0.717) is 13.0 Å². The summed E-state index contributed by atoms with van der Waals surface area (Å²) in [6, 6.07) is 5.93. The van der Waals surface area contributed by atoms with Crippen molar-refractivity contribution in [2.75, 3.05) is 51.2 Å². The third-order valence-electron chi connectivity index (χ3n) is 4.72. The van der Waals surface area contributed by atoms with Crippen LogP contribution in [0.25, 0.3) is 0 Å². The van der Waals surface area contributed by atoms with Gasteiger partial charge in [0.1, 0.15) is 5.82 Å². The minimum Gasteiger partial charge on any atom is -0.356 e. The van der Waals surface area contributed by atoms with E-state index in [2.05, 4.69) is 25.5 Å². The molecule has 0 unspecified atom stereocenters. The Bertz CT molecular complexity index is 578. The number of nitrogens with zero attached hydrogens (tertiary/aromatic N) is 4. The number of anilines is 1. The summed E-state index contributed by atoms with van der Waals surface area (Å²) < 4.78 is 0. The Morgan fingerprint density at radius 1 is 1.24 bits per heavy atom. The third-order valence-corrected chi connectivity index (χ3v) is 4.72. The fraction of sp³-hybridized carbons (Fsp3) is 0.611. The summed E-state index contributed by atoms with van der Waals surface area (Å²) in [6.45, 7) is 4.77. The zero-order chi connectivity index (χ0) is 17.5. The van der Waals surface area contributed by atoms with Crippen LogP contribution >= 0.6 is 0 Å². The summed E-state index contributed by atoms with van der Waals surface area (Å²) in [4.78, 5) is 25.1. The average Bonchev–Trinajstić information content (AvgIpc) is 3.49. The van der Waals surface area contributed by atoms with Gasteiger partial charge in [-0.05, 0) is 30.9 Å².